The lowest BCUT2D eigenvalue weighted by Gasteiger charge is -2.43. The summed E-state index contributed by atoms with van der Waals surface area (Å²) in [7, 11) is 3.34. The standard InChI is InChI=1S/C41H46N2O7/c1-5-19-48-41(45)42-23-29-7-6-8-33(20-29)30-13-15-32(16-14-30)40-49-38(27(2)39(50-40)31-11-9-28(26-44)10-12-31)25-43-18-17-34-21-36(46-3)37(47-4)22-35(34)24-43/h5-16,20-22,27,38-40,44H,1,17-19,23-26H2,2-4H3,(H,42,45). The Morgan fingerprint density at radius 3 is 2.34 bits per heavy atom. The number of benzene rings is 4. The number of aliphatic hydroxyl groups is 1. The van der Waals surface area contributed by atoms with Gasteiger partial charge in [-0.3, -0.25) is 4.90 Å². The summed E-state index contributed by atoms with van der Waals surface area (Å²) in [4.78, 5) is 14.3. The number of carbonyl (C=O) groups excluding carboxylic acids is 1. The summed E-state index contributed by atoms with van der Waals surface area (Å²) >= 11 is 0. The van der Waals surface area contributed by atoms with Gasteiger partial charge in [-0.15, -0.1) is 0 Å². The molecule has 2 aliphatic rings. The second-order valence-corrected chi connectivity index (χ2v) is 12.8. The number of methoxy groups -OCH3 is 2. The lowest BCUT2D eigenvalue weighted by Crippen LogP contribution is -2.45. The minimum atomic E-state index is -0.564. The van der Waals surface area contributed by atoms with Gasteiger partial charge in [0, 0.05) is 37.7 Å². The molecule has 4 aromatic carbocycles. The first kappa shape index (κ1) is 35.2. The maximum atomic E-state index is 11.9. The van der Waals surface area contributed by atoms with E-state index in [0.717, 1.165) is 70.9 Å². The van der Waals surface area contributed by atoms with Gasteiger partial charge in [0.05, 0.1) is 33.0 Å². The molecule has 0 radical (unpaired) electrons. The Morgan fingerprint density at radius 2 is 1.64 bits per heavy atom. The third kappa shape index (κ3) is 8.20. The minimum Gasteiger partial charge on any atom is -0.493 e. The number of fused-ring (bicyclic) bond motifs is 1. The number of amides is 1. The fourth-order valence-corrected chi connectivity index (χ4v) is 6.73. The number of nitrogens with one attached hydrogen (secondary N) is 1. The van der Waals surface area contributed by atoms with Crippen LogP contribution >= 0.6 is 0 Å². The molecular formula is C41H46N2O7. The number of ether oxygens (including phenoxy) is 5. The Kier molecular flexibility index (Phi) is 11.5. The molecule has 0 saturated carbocycles. The van der Waals surface area contributed by atoms with Crippen molar-refractivity contribution in [3.05, 3.63) is 131 Å². The SMILES string of the molecule is C=CCOC(=O)NCc1cccc(-c2ccc(C3OC(CN4CCc5cc(OC)c(OC)cc5C4)C(C)C(c4ccc(CO)cc4)O3)cc2)c1. The van der Waals surface area contributed by atoms with Crippen LogP contribution in [-0.2, 0) is 40.3 Å². The molecule has 2 N–H and O–H groups in total. The number of hydrogen-bond donors (Lipinski definition) is 2. The smallest absolute Gasteiger partial charge is 0.407 e. The van der Waals surface area contributed by atoms with E-state index in [0.29, 0.717) is 6.54 Å². The van der Waals surface area contributed by atoms with Crippen LogP contribution in [0, 0.1) is 5.92 Å². The molecule has 9 heteroatoms. The van der Waals surface area contributed by atoms with Gasteiger partial charge in [-0.2, -0.15) is 0 Å². The molecule has 4 unspecified atom stereocenters. The van der Waals surface area contributed by atoms with Gasteiger partial charge in [0.1, 0.15) is 6.61 Å². The molecular weight excluding hydrogens is 632 g/mol. The lowest BCUT2D eigenvalue weighted by atomic mass is 9.89. The number of rotatable bonds is 12. The monoisotopic (exact) mass is 678 g/mol. The fraction of sp³-hybridized carbons (Fsp3) is 0.341. The molecule has 50 heavy (non-hydrogen) atoms. The van der Waals surface area contributed by atoms with Crippen molar-refractivity contribution in [1.29, 1.82) is 0 Å². The van der Waals surface area contributed by atoms with Gasteiger partial charge in [0.25, 0.3) is 0 Å². The molecule has 0 aromatic heterocycles. The average Bonchev–Trinajstić information content (AvgIpc) is 3.16. The van der Waals surface area contributed by atoms with Crippen molar-refractivity contribution in [1.82, 2.24) is 10.2 Å². The highest BCUT2D eigenvalue weighted by atomic mass is 16.7. The summed E-state index contributed by atoms with van der Waals surface area (Å²) in [6.07, 6.45) is 1.11. The largest absolute Gasteiger partial charge is 0.493 e. The van der Waals surface area contributed by atoms with Crippen LogP contribution in [0.1, 0.15) is 52.7 Å². The van der Waals surface area contributed by atoms with Crippen LogP contribution < -0.4 is 14.8 Å². The number of aliphatic hydroxyl groups excluding tert-OH is 1. The van der Waals surface area contributed by atoms with Crippen molar-refractivity contribution in [2.45, 2.75) is 51.5 Å². The summed E-state index contributed by atoms with van der Waals surface area (Å²) in [6.45, 7) is 8.74. The Morgan fingerprint density at radius 1 is 0.920 bits per heavy atom. The van der Waals surface area contributed by atoms with E-state index in [1.807, 2.05) is 42.5 Å². The molecule has 2 heterocycles. The zero-order valence-corrected chi connectivity index (χ0v) is 29.0. The number of nitrogens with zero attached hydrogens (tertiary/aromatic N) is 1. The topological polar surface area (TPSA) is 98.7 Å². The molecule has 0 spiro atoms. The lowest BCUT2D eigenvalue weighted by molar-refractivity contribution is -0.276. The Balaban J connectivity index is 1.20. The van der Waals surface area contributed by atoms with Crippen LogP contribution in [0.5, 0.6) is 11.5 Å². The highest BCUT2D eigenvalue weighted by Gasteiger charge is 2.39. The summed E-state index contributed by atoms with van der Waals surface area (Å²) in [5, 5.41) is 12.4. The van der Waals surface area contributed by atoms with E-state index in [2.05, 4.69) is 66.2 Å². The Hall–Kier alpha value is -4.67. The quantitative estimate of drug-likeness (QED) is 0.153. The van der Waals surface area contributed by atoms with E-state index in [9.17, 15) is 9.90 Å². The molecule has 4 aromatic rings. The van der Waals surface area contributed by atoms with Gasteiger partial charge >= 0.3 is 6.09 Å². The molecule has 2 aliphatic heterocycles. The molecule has 9 nitrogen and oxygen atoms in total. The molecule has 1 amide bonds. The van der Waals surface area contributed by atoms with Gasteiger partial charge in [-0.1, -0.05) is 86.3 Å². The van der Waals surface area contributed by atoms with Crippen LogP contribution in [0.2, 0.25) is 0 Å². The average molecular weight is 679 g/mol. The van der Waals surface area contributed by atoms with Crippen LogP contribution in [0.4, 0.5) is 4.79 Å². The van der Waals surface area contributed by atoms with Crippen molar-refractivity contribution >= 4 is 6.09 Å². The van der Waals surface area contributed by atoms with E-state index < -0.39 is 12.4 Å². The molecule has 0 bridgehead atoms. The van der Waals surface area contributed by atoms with Gasteiger partial charge in [0.2, 0.25) is 0 Å². The van der Waals surface area contributed by atoms with Crippen molar-refractivity contribution < 1.29 is 33.6 Å². The second kappa shape index (κ2) is 16.4. The number of hydrogen-bond acceptors (Lipinski definition) is 8. The molecule has 1 saturated heterocycles. The highest BCUT2D eigenvalue weighted by Crippen LogP contribution is 2.43. The van der Waals surface area contributed by atoms with Crippen molar-refractivity contribution in [2.75, 3.05) is 33.9 Å². The van der Waals surface area contributed by atoms with Crippen LogP contribution in [0.25, 0.3) is 11.1 Å². The zero-order chi connectivity index (χ0) is 35.0. The molecule has 6 rings (SSSR count). The van der Waals surface area contributed by atoms with E-state index in [4.69, 9.17) is 23.7 Å². The zero-order valence-electron chi connectivity index (χ0n) is 29.0. The third-order valence-electron chi connectivity index (χ3n) is 9.57. The van der Waals surface area contributed by atoms with E-state index in [1.165, 1.54) is 17.2 Å². The predicted molar refractivity (Wildman–Crippen MR) is 192 cm³/mol. The first-order valence-electron chi connectivity index (χ1n) is 17.1. The van der Waals surface area contributed by atoms with E-state index >= 15 is 0 Å². The first-order valence-corrected chi connectivity index (χ1v) is 17.1. The summed E-state index contributed by atoms with van der Waals surface area (Å²) < 4.78 is 29.7. The molecule has 262 valence electrons. The first-order chi connectivity index (χ1) is 24.4. The van der Waals surface area contributed by atoms with Crippen molar-refractivity contribution in [2.24, 2.45) is 5.92 Å². The third-order valence-corrected chi connectivity index (χ3v) is 9.57. The van der Waals surface area contributed by atoms with E-state index in [-0.39, 0.29) is 31.3 Å². The van der Waals surface area contributed by atoms with Gasteiger partial charge in [-0.25, -0.2) is 4.79 Å². The summed E-state index contributed by atoms with van der Waals surface area (Å²) in [5.41, 5.74) is 8.43. The second-order valence-electron chi connectivity index (χ2n) is 12.8. The fourth-order valence-electron chi connectivity index (χ4n) is 6.73. The van der Waals surface area contributed by atoms with Crippen molar-refractivity contribution in [3.8, 4) is 22.6 Å². The summed E-state index contributed by atoms with van der Waals surface area (Å²) in [6, 6.07) is 28.5. The molecule has 0 aliphatic carbocycles. The maximum absolute atomic E-state index is 11.9. The number of carbonyl (C=O) groups is 1. The van der Waals surface area contributed by atoms with Gasteiger partial charge in [0.15, 0.2) is 17.8 Å². The van der Waals surface area contributed by atoms with E-state index in [1.54, 1.807) is 14.2 Å². The Bertz CT molecular complexity index is 1760. The van der Waals surface area contributed by atoms with Crippen molar-refractivity contribution in [3.63, 3.8) is 0 Å². The normalized spacial score (nSPS) is 20.4. The molecule has 4 atom stereocenters. The van der Waals surface area contributed by atoms with Gasteiger partial charge < -0.3 is 34.1 Å². The highest BCUT2D eigenvalue weighted by molar-refractivity contribution is 5.68. The van der Waals surface area contributed by atoms with Crippen LogP contribution in [0.3, 0.4) is 0 Å². The van der Waals surface area contributed by atoms with Crippen LogP contribution in [-0.4, -0.2) is 56.1 Å². The Labute approximate surface area is 294 Å². The molecule has 1 fully saturated rings. The predicted octanol–water partition coefficient (Wildman–Crippen LogP) is 7.13. The minimum absolute atomic E-state index is 0.00312. The summed E-state index contributed by atoms with van der Waals surface area (Å²) in [5.74, 6) is 1.57. The number of alkyl carbamates (subject to hydrolysis) is 1. The van der Waals surface area contributed by atoms with Crippen LogP contribution in [0.15, 0.2) is 97.6 Å². The van der Waals surface area contributed by atoms with Gasteiger partial charge in [-0.05, 0) is 63.6 Å². The maximum Gasteiger partial charge on any atom is 0.407 e.